The molecule has 0 bridgehead atoms. The Morgan fingerprint density at radius 1 is 0.431 bits per heavy atom. The van der Waals surface area contributed by atoms with Gasteiger partial charge in [0, 0.05) is 32.9 Å². The minimum atomic E-state index is -4.60. The second-order valence-corrected chi connectivity index (χ2v) is 12.4. The van der Waals surface area contributed by atoms with Crippen LogP contribution < -0.4 is 18.9 Å². The maximum absolute atomic E-state index is 14.9. The average molecular weight is 687 g/mol. The predicted octanol–water partition coefficient (Wildman–Crippen LogP) is 10.9. The molecule has 0 unspecified atom stereocenters. The van der Waals surface area contributed by atoms with Crippen LogP contribution in [0.3, 0.4) is 0 Å². The van der Waals surface area contributed by atoms with Crippen molar-refractivity contribution < 1.29 is 32.1 Å². The smallest absolute Gasteiger partial charge is 0.417 e. The van der Waals surface area contributed by atoms with Crippen LogP contribution in [0.15, 0.2) is 109 Å². The van der Waals surface area contributed by atoms with Gasteiger partial charge in [0.1, 0.15) is 23.0 Å². The van der Waals surface area contributed by atoms with Gasteiger partial charge >= 0.3 is 6.18 Å². The van der Waals surface area contributed by atoms with E-state index >= 15 is 0 Å². The van der Waals surface area contributed by atoms with E-state index in [1.807, 2.05) is 102 Å². The molecule has 0 N–H and O–H groups in total. The molecule has 0 atom stereocenters. The van der Waals surface area contributed by atoms with Gasteiger partial charge in [0.15, 0.2) is 0 Å². The standard InChI is InChI=1S/C42H33F3N2O4/c1-24-6-7-25(46-38-14-9-27(48-2)20-33(38)34-21-28(49-3)10-15-39(34)46)18-31(24)32-19-26(8-13-37(32)42(43,44)45)47-40-16-11-29(50-4)22-35(40)36-23-30(51-5)12-17-41(36)47/h6-23H,1-5H3. The second kappa shape index (κ2) is 12.1. The monoisotopic (exact) mass is 686 g/mol. The van der Waals surface area contributed by atoms with E-state index in [0.717, 1.165) is 49.3 Å². The fraction of sp³-hybridized carbons (Fsp3) is 0.143. The van der Waals surface area contributed by atoms with Crippen LogP contribution >= 0.6 is 0 Å². The molecule has 0 amide bonds. The lowest BCUT2D eigenvalue weighted by Crippen LogP contribution is -2.09. The van der Waals surface area contributed by atoms with Crippen LogP contribution in [-0.2, 0) is 6.18 Å². The van der Waals surface area contributed by atoms with Crippen molar-refractivity contribution >= 4 is 43.6 Å². The summed E-state index contributed by atoms with van der Waals surface area (Å²) in [6.45, 7) is 1.84. The van der Waals surface area contributed by atoms with Crippen LogP contribution in [0.1, 0.15) is 11.1 Å². The lowest BCUT2D eigenvalue weighted by atomic mass is 9.94. The molecule has 2 aromatic heterocycles. The van der Waals surface area contributed by atoms with E-state index in [-0.39, 0.29) is 5.56 Å². The molecule has 6 aromatic carbocycles. The normalized spacial score (nSPS) is 11.9. The molecule has 0 aliphatic heterocycles. The highest BCUT2D eigenvalue weighted by molar-refractivity contribution is 6.11. The predicted molar refractivity (Wildman–Crippen MR) is 197 cm³/mol. The summed E-state index contributed by atoms with van der Waals surface area (Å²) in [5, 5.41) is 3.65. The molecule has 0 aliphatic carbocycles. The van der Waals surface area contributed by atoms with Crippen molar-refractivity contribution in [1.29, 1.82) is 0 Å². The van der Waals surface area contributed by atoms with Gasteiger partial charge in [0.05, 0.1) is 56.1 Å². The summed E-state index contributed by atoms with van der Waals surface area (Å²) in [4.78, 5) is 0. The van der Waals surface area contributed by atoms with Crippen LogP contribution in [0.4, 0.5) is 13.2 Å². The summed E-state index contributed by atoms with van der Waals surface area (Å²) in [6.07, 6.45) is -4.60. The van der Waals surface area contributed by atoms with Crippen molar-refractivity contribution in [2.24, 2.45) is 0 Å². The molecule has 2 heterocycles. The first kappa shape index (κ1) is 32.1. The zero-order valence-corrected chi connectivity index (χ0v) is 28.6. The van der Waals surface area contributed by atoms with Gasteiger partial charge in [0.25, 0.3) is 0 Å². The van der Waals surface area contributed by atoms with Crippen molar-refractivity contribution in [2.75, 3.05) is 28.4 Å². The number of hydrogen-bond acceptors (Lipinski definition) is 4. The third-order valence-electron chi connectivity index (χ3n) is 9.70. The number of hydrogen-bond donors (Lipinski definition) is 0. The third-order valence-corrected chi connectivity index (χ3v) is 9.70. The van der Waals surface area contributed by atoms with Crippen molar-refractivity contribution in [3.63, 3.8) is 0 Å². The van der Waals surface area contributed by atoms with Crippen molar-refractivity contribution in [3.8, 4) is 45.5 Å². The van der Waals surface area contributed by atoms with Gasteiger partial charge < -0.3 is 28.1 Å². The number of alkyl halides is 3. The number of aromatic nitrogens is 2. The topological polar surface area (TPSA) is 46.8 Å². The molecule has 256 valence electrons. The Bertz CT molecular complexity index is 2530. The van der Waals surface area contributed by atoms with E-state index < -0.39 is 11.7 Å². The Morgan fingerprint density at radius 3 is 1.14 bits per heavy atom. The lowest BCUT2D eigenvalue weighted by Gasteiger charge is -2.19. The van der Waals surface area contributed by atoms with Crippen LogP contribution in [0.2, 0.25) is 0 Å². The zero-order valence-electron chi connectivity index (χ0n) is 28.6. The van der Waals surface area contributed by atoms with Gasteiger partial charge in [-0.05, 0) is 127 Å². The average Bonchev–Trinajstić information content (AvgIpc) is 3.65. The maximum Gasteiger partial charge on any atom is 0.417 e. The molecular weight excluding hydrogens is 653 g/mol. The SMILES string of the molecule is COc1ccc2c(c1)c1cc(OC)ccc1n2-c1ccc(C)c(-c2cc(-n3c4ccc(OC)cc4c4cc(OC)ccc43)ccc2C(F)(F)F)c1. The Labute approximate surface area is 291 Å². The molecular formula is C42H33F3N2O4. The largest absolute Gasteiger partial charge is 0.497 e. The number of benzene rings is 6. The third kappa shape index (κ3) is 5.19. The summed E-state index contributed by atoms with van der Waals surface area (Å²) in [5.41, 5.74) is 5.29. The molecule has 0 fully saturated rings. The first-order valence-corrected chi connectivity index (χ1v) is 16.3. The number of methoxy groups -OCH3 is 4. The molecule has 9 heteroatoms. The van der Waals surface area contributed by atoms with Crippen LogP contribution in [0.25, 0.3) is 66.1 Å². The van der Waals surface area contributed by atoms with E-state index in [1.54, 1.807) is 34.5 Å². The Kier molecular flexibility index (Phi) is 7.59. The summed E-state index contributed by atoms with van der Waals surface area (Å²) in [7, 11) is 6.44. The van der Waals surface area contributed by atoms with E-state index in [4.69, 9.17) is 18.9 Å². The number of halogens is 3. The number of nitrogens with zero attached hydrogens (tertiary/aromatic N) is 2. The molecule has 8 aromatic rings. The fourth-order valence-corrected chi connectivity index (χ4v) is 7.21. The number of ether oxygens (including phenoxy) is 4. The second-order valence-electron chi connectivity index (χ2n) is 12.4. The van der Waals surface area contributed by atoms with Gasteiger partial charge in [0.2, 0.25) is 0 Å². The molecule has 6 nitrogen and oxygen atoms in total. The molecule has 51 heavy (non-hydrogen) atoms. The summed E-state index contributed by atoms with van der Waals surface area (Å²) >= 11 is 0. The van der Waals surface area contributed by atoms with E-state index in [1.165, 1.54) is 12.1 Å². The Hall–Kier alpha value is -6.09. The Morgan fingerprint density at radius 2 is 0.784 bits per heavy atom. The van der Waals surface area contributed by atoms with Gasteiger partial charge in [-0.3, -0.25) is 0 Å². The minimum absolute atomic E-state index is 0.0838. The van der Waals surface area contributed by atoms with Gasteiger partial charge in [-0.1, -0.05) is 6.07 Å². The zero-order chi connectivity index (χ0) is 35.6. The molecule has 0 spiro atoms. The first-order valence-electron chi connectivity index (χ1n) is 16.3. The highest BCUT2D eigenvalue weighted by Crippen LogP contribution is 2.43. The fourth-order valence-electron chi connectivity index (χ4n) is 7.21. The van der Waals surface area contributed by atoms with Crippen LogP contribution in [0.5, 0.6) is 23.0 Å². The van der Waals surface area contributed by atoms with Gasteiger partial charge in [-0.2, -0.15) is 13.2 Å². The van der Waals surface area contributed by atoms with Crippen molar-refractivity contribution in [1.82, 2.24) is 9.13 Å². The highest BCUT2D eigenvalue weighted by atomic mass is 19.4. The Balaban J connectivity index is 1.39. The number of fused-ring (bicyclic) bond motifs is 6. The number of rotatable bonds is 7. The molecule has 0 radical (unpaired) electrons. The molecule has 0 saturated heterocycles. The van der Waals surface area contributed by atoms with Crippen LogP contribution in [-0.4, -0.2) is 37.6 Å². The minimum Gasteiger partial charge on any atom is -0.497 e. The van der Waals surface area contributed by atoms with Crippen molar-refractivity contribution in [2.45, 2.75) is 13.1 Å². The quantitative estimate of drug-likeness (QED) is 0.167. The van der Waals surface area contributed by atoms with Gasteiger partial charge in [-0.15, -0.1) is 0 Å². The van der Waals surface area contributed by atoms with Crippen molar-refractivity contribution in [3.05, 3.63) is 120 Å². The maximum atomic E-state index is 14.9. The molecule has 0 aliphatic rings. The summed E-state index contributed by atoms with van der Waals surface area (Å²) in [6, 6.07) is 33.1. The summed E-state index contributed by atoms with van der Waals surface area (Å²) in [5.74, 6) is 2.74. The molecule has 0 saturated carbocycles. The molecule has 8 rings (SSSR count). The summed E-state index contributed by atoms with van der Waals surface area (Å²) < 4.78 is 70.8. The van der Waals surface area contributed by atoms with E-state index in [9.17, 15) is 13.2 Å². The van der Waals surface area contributed by atoms with E-state index in [0.29, 0.717) is 39.8 Å². The van der Waals surface area contributed by atoms with E-state index in [2.05, 4.69) is 4.57 Å². The van der Waals surface area contributed by atoms with Crippen LogP contribution in [0, 0.1) is 6.92 Å². The highest BCUT2D eigenvalue weighted by Gasteiger charge is 2.34. The van der Waals surface area contributed by atoms with Gasteiger partial charge in [-0.25, -0.2) is 0 Å². The first-order chi connectivity index (χ1) is 24.6. The number of aryl methyl sites for hydroxylation is 1. The lowest BCUT2D eigenvalue weighted by molar-refractivity contribution is -0.137.